The Balaban J connectivity index is 1.28. The molecule has 4 atom stereocenters. The number of nitriles is 1. The lowest BCUT2D eigenvalue weighted by Gasteiger charge is -2.36. The second kappa shape index (κ2) is 11.5. The van der Waals surface area contributed by atoms with Crippen LogP contribution in [0.4, 0.5) is 0 Å². The molecule has 1 fully saturated rings. The number of rotatable bonds is 7. The van der Waals surface area contributed by atoms with Crippen LogP contribution in [0, 0.1) is 24.2 Å². The second-order valence-electron chi connectivity index (χ2n) is 10.8. The molecule has 40 heavy (non-hydrogen) atoms. The van der Waals surface area contributed by atoms with Crippen molar-refractivity contribution in [2.75, 3.05) is 6.54 Å². The molecule has 3 heterocycles. The van der Waals surface area contributed by atoms with Crippen LogP contribution in [-0.2, 0) is 22.7 Å². The van der Waals surface area contributed by atoms with E-state index in [9.17, 15) is 25.1 Å². The molecule has 2 aliphatic heterocycles. The van der Waals surface area contributed by atoms with Crippen molar-refractivity contribution in [2.45, 2.75) is 64.7 Å². The van der Waals surface area contributed by atoms with Gasteiger partial charge in [-0.25, -0.2) is 4.98 Å². The lowest BCUT2D eigenvalue weighted by Crippen LogP contribution is -2.54. The van der Waals surface area contributed by atoms with Crippen LogP contribution >= 0.6 is 11.3 Å². The Morgan fingerprint density at radius 2 is 1.95 bits per heavy atom. The Bertz CT molecular complexity index is 1450. The van der Waals surface area contributed by atoms with Gasteiger partial charge in [-0.1, -0.05) is 44.2 Å². The molecule has 0 spiro atoms. The number of hydrogen-bond acceptors (Lipinski definition) is 8. The van der Waals surface area contributed by atoms with Crippen molar-refractivity contribution in [1.29, 1.82) is 5.26 Å². The third-order valence-electron chi connectivity index (χ3n) is 7.76. The van der Waals surface area contributed by atoms with Crippen LogP contribution < -0.4 is 5.32 Å². The summed E-state index contributed by atoms with van der Waals surface area (Å²) >= 11 is 1.58. The van der Waals surface area contributed by atoms with Crippen LogP contribution in [0.5, 0.6) is 0 Å². The highest BCUT2D eigenvalue weighted by Gasteiger charge is 2.46. The maximum atomic E-state index is 13.9. The SMILES string of the molecule is Cc1ncsc1-c1ccc(CNC(=O)[C@@H]2C[C@@H](O)CN2C(=O)[C@H](C(C)C)N2Cc3ccc(C#N)cc3C2O)cc1. The standard InChI is InChI=1S/C30H33N5O4S/c1-17(2)26(35-14-22-9-6-20(12-31)10-24(22)29(35)38)30(39)34-15-23(36)11-25(34)28(37)32-13-19-4-7-21(8-5-19)27-18(3)33-16-40-27/h4-10,16-17,23,25-26,29,36,38H,11,13-15H2,1-3H3,(H,32,37)/t23-,25+,26+,29?/m1/s1. The number of thiazole rings is 1. The van der Waals surface area contributed by atoms with Gasteiger partial charge in [-0.2, -0.15) is 5.26 Å². The number of likely N-dealkylation sites (tertiary alicyclic amines) is 1. The van der Waals surface area contributed by atoms with Crippen LogP contribution in [-0.4, -0.2) is 61.5 Å². The van der Waals surface area contributed by atoms with Gasteiger partial charge in [0.15, 0.2) is 0 Å². The molecule has 208 valence electrons. The quantitative estimate of drug-likeness (QED) is 0.406. The van der Waals surface area contributed by atoms with E-state index in [-0.39, 0.29) is 30.7 Å². The summed E-state index contributed by atoms with van der Waals surface area (Å²) in [7, 11) is 0. The number of nitrogens with zero attached hydrogens (tertiary/aromatic N) is 4. The smallest absolute Gasteiger partial charge is 0.243 e. The van der Waals surface area contributed by atoms with E-state index in [1.54, 1.807) is 34.4 Å². The average Bonchev–Trinajstić information content (AvgIpc) is 3.64. The van der Waals surface area contributed by atoms with Crippen molar-refractivity contribution >= 4 is 23.2 Å². The van der Waals surface area contributed by atoms with E-state index >= 15 is 0 Å². The van der Waals surface area contributed by atoms with Gasteiger partial charge in [0, 0.05) is 31.6 Å². The molecule has 2 aromatic carbocycles. The van der Waals surface area contributed by atoms with Crippen LogP contribution in [0.3, 0.4) is 0 Å². The number of benzene rings is 2. The van der Waals surface area contributed by atoms with Crippen molar-refractivity contribution in [3.63, 3.8) is 0 Å². The lowest BCUT2D eigenvalue weighted by atomic mass is 10.00. The van der Waals surface area contributed by atoms with Crippen LogP contribution in [0.15, 0.2) is 48.0 Å². The van der Waals surface area contributed by atoms with Crippen LogP contribution in [0.2, 0.25) is 0 Å². The van der Waals surface area contributed by atoms with Gasteiger partial charge in [0.25, 0.3) is 0 Å². The summed E-state index contributed by atoms with van der Waals surface area (Å²) in [4.78, 5) is 35.8. The first-order valence-corrected chi connectivity index (χ1v) is 14.3. The highest BCUT2D eigenvalue weighted by Crippen LogP contribution is 2.37. The van der Waals surface area contributed by atoms with Crippen molar-refractivity contribution in [3.05, 3.63) is 75.9 Å². The molecule has 3 N–H and O–H groups in total. The Kier molecular flexibility index (Phi) is 8.01. The second-order valence-corrected chi connectivity index (χ2v) is 11.7. The van der Waals surface area contributed by atoms with Gasteiger partial charge in [0.05, 0.1) is 39.9 Å². The summed E-state index contributed by atoms with van der Waals surface area (Å²) in [6.45, 7) is 6.47. The Morgan fingerprint density at radius 3 is 2.60 bits per heavy atom. The molecular weight excluding hydrogens is 526 g/mol. The summed E-state index contributed by atoms with van der Waals surface area (Å²) in [5, 5.41) is 33.8. The summed E-state index contributed by atoms with van der Waals surface area (Å²) in [5.41, 5.74) is 6.71. The maximum Gasteiger partial charge on any atom is 0.243 e. The van der Waals surface area contributed by atoms with Gasteiger partial charge in [-0.05, 0) is 41.7 Å². The normalized spacial score (nSPS) is 21.3. The third-order valence-corrected chi connectivity index (χ3v) is 8.73. The third kappa shape index (κ3) is 5.38. The largest absolute Gasteiger partial charge is 0.391 e. The fraction of sp³-hybridized carbons (Fsp3) is 0.400. The minimum Gasteiger partial charge on any atom is -0.391 e. The van der Waals surface area contributed by atoms with Crippen LogP contribution in [0.25, 0.3) is 10.4 Å². The monoisotopic (exact) mass is 559 g/mol. The lowest BCUT2D eigenvalue weighted by molar-refractivity contribution is -0.149. The van der Waals surface area contributed by atoms with Gasteiger partial charge in [-0.15, -0.1) is 11.3 Å². The summed E-state index contributed by atoms with van der Waals surface area (Å²) in [6.07, 6.45) is -1.70. The van der Waals surface area contributed by atoms with Crippen molar-refractivity contribution in [2.24, 2.45) is 5.92 Å². The molecule has 2 aliphatic rings. The van der Waals surface area contributed by atoms with E-state index in [0.717, 1.165) is 27.3 Å². The number of carbonyl (C=O) groups excluding carboxylic acids is 2. The predicted octanol–water partition coefficient (Wildman–Crippen LogP) is 3.10. The Hall–Kier alpha value is -3.62. The average molecular weight is 560 g/mol. The van der Waals surface area contributed by atoms with Gasteiger partial charge >= 0.3 is 0 Å². The fourth-order valence-electron chi connectivity index (χ4n) is 5.71. The molecule has 3 aromatic rings. The van der Waals surface area contributed by atoms with E-state index in [2.05, 4.69) is 16.4 Å². The zero-order valence-corrected chi connectivity index (χ0v) is 23.6. The minimum absolute atomic E-state index is 0.0541. The summed E-state index contributed by atoms with van der Waals surface area (Å²) in [5.74, 6) is -0.795. The number of aryl methyl sites for hydroxylation is 1. The topological polar surface area (TPSA) is 130 Å². The molecule has 1 unspecified atom stereocenters. The van der Waals surface area contributed by atoms with Crippen molar-refractivity contribution in [1.82, 2.24) is 20.1 Å². The van der Waals surface area contributed by atoms with Gasteiger partial charge in [0.1, 0.15) is 12.3 Å². The number of carbonyl (C=O) groups is 2. The highest BCUT2D eigenvalue weighted by atomic mass is 32.1. The first-order valence-electron chi connectivity index (χ1n) is 13.4. The number of nitrogens with one attached hydrogen (secondary N) is 1. The van der Waals surface area contributed by atoms with Gasteiger partial charge < -0.3 is 20.4 Å². The molecule has 10 heteroatoms. The van der Waals surface area contributed by atoms with Crippen molar-refractivity contribution < 1.29 is 19.8 Å². The number of aliphatic hydroxyl groups is 2. The summed E-state index contributed by atoms with van der Waals surface area (Å²) in [6, 6.07) is 13.7. The predicted molar refractivity (Wildman–Crippen MR) is 151 cm³/mol. The van der Waals surface area contributed by atoms with Crippen LogP contribution in [0.1, 0.15) is 54.4 Å². The molecule has 1 saturated heterocycles. The number of aromatic nitrogens is 1. The molecule has 0 saturated carbocycles. The van der Waals surface area contributed by atoms with E-state index in [4.69, 9.17) is 0 Å². The molecule has 9 nitrogen and oxygen atoms in total. The zero-order chi connectivity index (χ0) is 28.6. The van der Waals surface area contributed by atoms with E-state index < -0.39 is 24.4 Å². The summed E-state index contributed by atoms with van der Waals surface area (Å²) < 4.78 is 0. The van der Waals surface area contributed by atoms with E-state index in [1.165, 1.54) is 4.90 Å². The first-order chi connectivity index (χ1) is 19.2. The Morgan fingerprint density at radius 1 is 1.20 bits per heavy atom. The number of β-amino-alcohol motifs (C(OH)–C–C–N with tert-alkyl or cyclic N) is 1. The number of hydrogen-bond donors (Lipinski definition) is 3. The molecule has 0 aliphatic carbocycles. The minimum atomic E-state index is -1.05. The van der Waals surface area contributed by atoms with Gasteiger partial charge in [0.2, 0.25) is 11.8 Å². The molecule has 0 bridgehead atoms. The Labute approximate surface area is 237 Å². The fourth-order valence-corrected chi connectivity index (χ4v) is 6.52. The molecule has 1 aromatic heterocycles. The van der Waals surface area contributed by atoms with Gasteiger partial charge in [-0.3, -0.25) is 14.5 Å². The van der Waals surface area contributed by atoms with E-state index in [0.29, 0.717) is 24.2 Å². The number of amides is 2. The highest BCUT2D eigenvalue weighted by molar-refractivity contribution is 7.13. The first kappa shape index (κ1) is 27.9. The maximum absolute atomic E-state index is 13.9. The number of fused-ring (bicyclic) bond motifs is 1. The molecule has 0 radical (unpaired) electrons. The molecule has 2 amide bonds. The molecule has 5 rings (SSSR count). The zero-order valence-electron chi connectivity index (χ0n) is 22.7. The number of aliphatic hydroxyl groups excluding tert-OH is 2. The molecular formula is C30H33N5O4S. The van der Waals surface area contributed by atoms with E-state index in [1.807, 2.05) is 50.5 Å². The van der Waals surface area contributed by atoms with Crippen molar-refractivity contribution in [3.8, 4) is 16.5 Å².